The zero-order valence-corrected chi connectivity index (χ0v) is 10.7. The van der Waals surface area contributed by atoms with Crippen molar-refractivity contribution in [3.05, 3.63) is 38.8 Å². The largest absolute Gasteiger partial charge is 0.384 e. The summed E-state index contributed by atoms with van der Waals surface area (Å²) in [6.07, 6.45) is 0. The van der Waals surface area contributed by atoms with E-state index in [-0.39, 0.29) is 17.2 Å². The maximum atomic E-state index is 13.7. The molecule has 1 heterocycles. The number of benzene rings is 1. The number of hydrogen-bond donors (Lipinski definition) is 2. The summed E-state index contributed by atoms with van der Waals surface area (Å²) in [5, 5.41) is 8.07. The van der Waals surface area contributed by atoms with Crippen molar-refractivity contribution in [1.29, 1.82) is 5.41 Å². The van der Waals surface area contributed by atoms with Crippen LogP contribution >= 0.6 is 22.6 Å². The Labute approximate surface area is 106 Å². The summed E-state index contributed by atoms with van der Waals surface area (Å²) in [7, 11) is 0. The van der Waals surface area contributed by atoms with E-state index in [1.54, 1.807) is 19.1 Å². The summed E-state index contributed by atoms with van der Waals surface area (Å²) >= 11 is 2.02. The molecular formula is C11H9FIN3. The molecule has 0 saturated heterocycles. The fourth-order valence-electron chi connectivity index (χ4n) is 1.60. The molecule has 0 aliphatic heterocycles. The molecule has 0 amide bonds. The number of aryl methyl sites for hydroxylation is 1. The van der Waals surface area contributed by atoms with Crippen molar-refractivity contribution in [2.24, 2.45) is 5.73 Å². The van der Waals surface area contributed by atoms with Gasteiger partial charge in [0, 0.05) is 20.2 Å². The number of hydrogen-bond acceptors (Lipinski definition) is 2. The van der Waals surface area contributed by atoms with Crippen molar-refractivity contribution >= 4 is 39.3 Å². The zero-order valence-electron chi connectivity index (χ0n) is 8.51. The lowest BCUT2D eigenvalue weighted by Gasteiger charge is -2.07. The molecule has 1 aromatic heterocycles. The van der Waals surface area contributed by atoms with Crippen LogP contribution in [0.1, 0.15) is 11.3 Å². The number of nitrogens with two attached hydrogens (primary N) is 1. The van der Waals surface area contributed by atoms with Crippen molar-refractivity contribution in [1.82, 2.24) is 4.98 Å². The monoisotopic (exact) mass is 329 g/mol. The number of pyridine rings is 1. The van der Waals surface area contributed by atoms with Gasteiger partial charge in [0.15, 0.2) is 5.82 Å². The first-order chi connectivity index (χ1) is 7.49. The Morgan fingerprint density at radius 1 is 1.44 bits per heavy atom. The number of amidine groups is 1. The van der Waals surface area contributed by atoms with Crippen LogP contribution in [-0.2, 0) is 0 Å². The van der Waals surface area contributed by atoms with Gasteiger partial charge in [0.05, 0.1) is 0 Å². The summed E-state index contributed by atoms with van der Waals surface area (Å²) in [6, 6.07) is 4.89. The third kappa shape index (κ3) is 1.87. The van der Waals surface area contributed by atoms with E-state index < -0.39 is 0 Å². The van der Waals surface area contributed by atoms with Crippen LogP contribution in [0.5, 0.6) is 0 Å². The van der Waals surface area contributed by atoms with E-state index >= 15 is 0 Å². The van der Waals surface area contributed by atoms with Gasteiger partial charge in [-0.1, -0.05) is 0 Å². The highest BCUT2D eigenvalue weighted by atomic mass is 127. The minimum Gasteiger partial charge on any atom is -0.384 e. The van der Waals surface area contributed by atoms with E-state index in [1.807, 2.05) is 22.6 Å². The van der Waals surface area contributed by atoms with Crippen LogP contribution < -0.4 is 5.73 Å². The molecule has 0 atom stereocenters. The Balaban J connectivity index is 2.95. The van der Waals surface area contributed by atoms with Crippen LogP contribution in [0.3, 0.4) is 0 Å². The molecule has 0 saturated carbocycles. The quantitative estimate of drug-likeness (QED) is 0.480. The van der Waals surface area contributed by atoms with E-state index in [0.29, 0.717) is 16.6 Å². The highest BCUT2D eigenvalue weighted by Crippen LogP contribution is 2.23. The maximum absolute atomic E-state index is 13.7. The topological polar surface area (TPSA) is 62.8 Å². The lowest BCUT2D eigenvalue weighted by atomic mass is 10.1. The van der Waals surface area contributed by atoms with Crippen molar-refractivity contribution < 1.29 is 4.39 Å². The second kappa shape index (κ2) is 3.97. The van der Waals surface area contributed by atoms with Gasteiger partial charge in [0.2, 0.25) is 0 Å². The average molecular weight is 329 g/mol. The van der Waals surface area contributed by atoms with E-state index in [1.165, 1.54) is 6.07 Å². The molecule has 0 spiro atoms. The SMILES string of the molecule is Cc1cc(C(=N)N)c2cc(I)cc(F)c2n1. The number of nitrogen functional groups attached to an aromatic ring is 1. The molecule has 0 radical (unpaired) electrons. The van der Waals surface area contributed by atoms with E-state index in [2.05, 4.69) is 4.98 Å². The van der Waals surface area contributed by atoms with Crippen LogP contribution in [0.2, 0.25) is 0 Å². The molecule has 3 N–H and O–H groups in total. The highest BCUT2D eigenvalue weighted by Gasteiger charge is 2.11. The molecule has 0 bridgehead atoms. The minimum absolute atomic E-state index is 0.0723. The fraction of sp³-hybridized carbons (Fsp3) is 0.0909. The molecule has 0 unspecified atom stereocenters. The number of nitrogens with zero attached hydrogens (tertiary/aromatic N) is 1. The molecule has 1 aromatic carbocycles. The molecule has 16 heavy (non-hydrogen) atoms. The van der Waals surface area contributed by atoms with Gasteiger partial charge in [-0.25, -0.2) is 9.37 Å². The van der Waals surface area contributed by atoms with Gasteiger partial charge in [-0.3, -0.25) is 5.41 Å². The Morgan fingerprint density at radius 3 is 2.75 bits per heavy atom. The smallest absolute Gasteiger partial charge is 0.150 e. The number of aromatic nitrogens is 1. The Morgan fingerprint density at radius 2 is 2.12 bits per heavy atom. The molecule has 3 nitrogen and oxygen atoms in total. The average Bonchev–Trinajstić information content (AvgIpc) is 2.18. The van der Waals surface area contributed by atoms with E-state index in [9.17, 15) is 4.39 Å². The Kier molecular flexibility index (Phi) is 2.79. The van der Waals surface area contributed by atoms with Crippen molar-refractivity contribution in [2.75, 3.05) is 0 Å². The summed E-state index contributed by atoms with van der Waals surface area (Å²) in [6.45, 7) is 1.75. The van der Waals surface area contributed by atoms with Crippen LogP contribution in [0.4, 0.5) is 4.39 Å². The zero-order chi connectivity index (χ0) is 11.9. The van der Waals surface area contributed by atoms with Gasteiger partial charge in [0.25, 0.3) is 0 Å². The van der Waals surface area contributed by atoms with Gasteiger partial charge >= 0.3 is 0 Å². The number of nitrogens with one attached hydrogen (secondary N) is 1. The van der Waals surface area contributed by atoms with Crippen LogP contribution in [-0.4, -0.2) is 10.8 Å². The molecule has 5 heteroatoms. The Hall–Kier alpha value is -1.24. The van der Waals surface area contributed by atoms with Crippen LogP contribution in [0, 0.1) is 21.7 Å². The first-order valence-electron chi connectivity index (χ1n) is 4.60. The molecule has 0 aliphatic rings. The molecule has 2 aromatic rings. The van der Waals surface area contributed by atoms with Crippen LogP contribution in [0.25, 0.3) is 10.9 Å². The molecular weight excluding hydrogens is 320 g/mol. The molecule has 2 rings (SSSR count). The summed E-state index contributed by atoms with van der Waals surface area (Å²) < 4.78 is 14.5. The van der Waals surface area contributed by atoms with Crippen molar-refractivity contribution in [3.8, 4) is 0 Å². The highest BCUT2D eigenvalue weighted by molar-refractivity contribution is 14.1. The minimum atomic E-state index is -0.381. The summed E-state index contributed by atoms with van der Waals surface area (Å²) in [4.78, 5) is 4.13. The molecule has 0 aliphatic carbocycles. The van der Waals surface area contributed by atoms with E-state index in [0.717, 1.165) is 3.57 Å². The van der Waals surface area contributed by atoms with Crippen LogP contribution in [0.15, 0.2) is 18.2 Å². The normalized spacial score (nSPS) is 10.7. The van der Waals surface area contributed by atoms with Gasteiger partial charge in [-0.2, -0.15) is 0 Å². The second-order valence-corrected chi connectivity index (χ2v) is 4.75. The summed E-state index contributed by atoms with van der Waals surface area (Å²) in [5.74, 6) is -0.454. The maximum Gasteiger partial charge on any atom is 0.150 e. The van der Waals surface area contributed by atoms with E-state index in [4.69, 9.17) is 11.1 Å². The predicted octanol–water partition coefficient (Wildman–Crippen LogP) is 2.57. The van der Waals surface area contributed by atoms with Crippen molar-refractivity contribution in [2.45, 2.75) is 6.92 Å². The third-order valence-corrected chi connectivity index (χ3v) is 2.87. The predicted molar refractivity (Wildman–Crippen MR) is 70.2 cm³/mol. The second-order valence-electron chi connectivity index (χ2n) is 3.51. The van der Waals surface area contributed by atoms with Gasteiger partial charge in [-0.15, -0.1) is 0 Å². The van der Waals surface area contributed by atoms with Gasteiger partial charge in [-0.05, 0) is 47.7 Å². The molecule has 0 fully saturated rings. The first kappa shape index (κ1) is 11.3. The third-order valence-electron chi connectivity index (χ3n) is 2.25. The van der Waals surface area contributed by atoms with Crippen molar-refractivity contribution in [3.63, 3.8) is 0 Å². The summed E-state index contributed by atoms with van der Waals surface area (Å²) in [5.41, 5.74) is 6.93. The first-order valence-corrected chi connectivity index (χ1v) is 5.67. The number of rotatable bonds is 1. The Bertz CT molecular complexity index is 595. The fourth-order valence-corrected chi connectivity index (χ4v) is 2.19. The lowest BCUT2D eigenvalue weighted by molar-refractivity contribution is 0.635. The standard InChI is InChI=1S/C11H9FIN3/c1-5-2-8(11(14)15)7-3-6(13)4-9(12)10(7)16-5/h2-4H,1H3,(H3,14,15). The van der Waals surface area contributed by atoms with Gasteiger partial charge < -0.3 is 5.73 Å². The lowest BCUT2D eigenvalue weighted by Crippen LogP contribution is -2.12. The van der Waals surface area contributed by atoms with Gasteiger partial charge in [0.1, 0.15) is 11.4 Å². The molecule has 82 valence electrons. The number of fused-ring (bicyclic) bond motifs is 1. The number of halogens is 2.